The van der Waals surface area contributed by atoms with Crippen molar-refractivity contribution < 1.29 is 32.3 Å². The van der Waals surface area contributed by atoms with Gasteiger partial charge in [-0.3, -0.25) is 13.5 Å². The van der Waals surface area contributed by atoms with Gasteiger partial charge in [0, 0.05) is 5.69 Å². The first kappa shape index (κ1) is 30.1. The third-order valence-corrected chi connectivity index (χ3v) is 7.03. The van der Waals surface area contributed by atoms with Gasteiger partial charge in [0.15, 0.2) is 17.7 Å². The molecule has 0 bridgehead atoms. The lowest BCUT2D eigenvalue weighted by Gasteiger charge is -2.16. The lowest BCUT2D eigenvalue weighted by molar-refractivity contribution is -0.0468. The predicted molar refractivity (Wildman–Crippen MR) is 142 cm³/mol. The molecule has 1 saturated heterocycles. The first-order valence-electron chi connectivity index (χ1n) is 12.3. The van der Waals surface area contributed by atoms with Crippen LogP contribution in [0.5, 0.6) is 0 Å². The number of aromatic nitrogens is 4. The van der Waals surface area contributed by atoms with E-state index in [1.165, 1.54) is 55.1 Å². The summed E-state index contributed by atoms with van der Waals surface area (Å²) >= 11 is 0. The van der Waals surface area contributed by atoms with Gasteiger partial charge in [0.2, 0.25) is 0 Å². The van der Waals surface area contributed by atoms with Crippen LogP contribution in [0.1, 0.15) is 37.4 Å². The monoisotopic (exact) mass is 566 g/mol. The Bertz CT molecular complexity index is 1360. The molecular weight excluding hydrogens is 532 g/mol. The molecule has 1 aliphatic heterocycles. The zero-order valence-electron chi connectivity index (χ0n) is 21.8. The van der Waals surface area contributed by atoms with E-state index in [0.29, 0.717) is 0 Å². The molecule has 1 amide bonds. The van der Waals surface area contributed by atoms with E-state index >= 15 is 0 Å². The van der Waals surface area contributed by atoms with E-state index in [-0.39, 0.29) is 28.2 Å². The van der Waals surface area contributed by atoms with Crippen LogP contribution in [0.4, 0.5) is 11.5 Å². The zero-order valence-corrected chi connectivity index (χ0v) is 22.7. The number of amides is 1. The molecule has 3 heterocycles. The summed E-state index contributed by atoms with van der Waals surface area (Å²) < 4.78 is 37.7. The van der Waals surface area contributed by atoms with Crippen molar-refractivity contribution in [1.82, 2.24) is 29.1 Å². The van der Waals surface area contributed by atoms with E-state index in [4.69, 9.17) is 20.4 Å². The van der Waals surface area contributed by atoms with Crippen molar-refractivity contribution in [3.05, 3.63) is 42.5 Å². The molecule has 7 N–H and O–H groups in total. The Morgan fingerprint density at radius 1 is 1.10 bits per heavy atom. The van der Waals surface area contributed by atoms with Crippen LogP contribution in [0.15, 0.2) is 36.9 Å². The molecule has 2 aromatic heterocycles. The van der Waals surface area contributed by atoms with E-state index in [1.807, 2.05) is 0 Å². The molecule has 0 saturated carbocycles. The van der Waals surface area contributed by atoms with E-state index in [9.17, 15) is 23.4 Å². The number of carbonyl (C=O) groups excluding carboxylic acids is 1. The van der Waals surface area contributed by atoms with Crippen LogP contribution in [0, 0.1) is 0 Å². The summed E-state index contributed by atoms with van der Waals surface area (Å²) in [5, 5.41) is 20.7. The minimum absolute atomic E-state index is 0.0550. The van der Waals surface area contributed by atoms with Crippen LogP contribution in [0.3, 0.4) is 0 Å². The van der Waals surface area contributed by atoms with Gasteiger partial charge in [0.1, 0.15) is 30.2 Å². The number of aliphatic hydroxyl groups is 2. The second kappa shape index (κ2) is 13.1. The third-order valence-electron chi connectivity index (χ3n) is 6.15. The maximum absolute atomic E-state index is 12.2. The molecule has 0 aliphatic carbocycles. The SMILES string of the molecule is CCN(CC)CC.Nc1ccccc1C(=O)NS(=O)(=O)OC[C@H]1O[C@@H](n2cnc3c(N)ncnc32)[C@H](O)[C@@H]1O. The van der Waals surface area contributed by atoms with Gasteiger partial charge >= 0.3 is 10.3 Å². The standard InChI is InChI=1S/C17H19N7O7S.C6H15N/c18-9-4-2-1-3-8(9)16(27)23-32(28,29)30-5-10-12(25)13(26)17(31-10)24-7-22-11-14(19)20-6-21-15(11)24;1-4-7(5-2)6-3/h1-4,6-7,10,12-13,17,25-26H,5,18H2,(H,23,27)(H2,19,20,21);4-6H2,1-3H3/t10-,12-,13-,17-;/m1./s1. The van der Waals surface area contributed by atoms with Crippen molar-refractivity contribution in [3.63, 3.8) is 0 Å². The number of carbonyl (C=O) groups is 1. The lowest BCUT2D eigenvalue weighted by Crippen LogP contribution is -2.38. The van der Waals surface area contributed by atoms with Crippen molar-refractivity contribution in [1.29, 1.82) is 0 Å². The molecule has 0 spiro atoms. The van der Waals surface area contributed by atoms with Crippen LogP contribution in [0.2, 0.25) is 0 Å². The Labute approximate surface area is 226 Å². The average Bonchev–Trinajstić information content (AvgIpc) is 3.46. The average molecular weight is 567 g/mol. The molecule has 1 aromatic carbocycles. The van der Waals surface area contributed by atoms with Gasteiger partial charge < -0.3 is 31.3 Å². The molecule has 4 rings (SSSR count). The van der Waals surface area contributed by atoms with E-state index in [0.717, 1.165) is 0 Å². The molecule has 15 nitrogen and oxygen atoms in total. The molecule has 3 aromatic rings. The fraction of sp³-hybridized carbons (Fsp3) is 0.478. The number of nitrogens with two attached hydrogens (primary N) is 2. The summed E-state index contributed by atoms with van der Waals surface area (Å²) in [6, 6.07) is 5.88. The second-order valence-corrected chi connectivity index (χ2v) is 9.85. The quantitative estimate of drug-likeness (QED) is 0.209. The number of hydrogen-bond donors (Lipinski definition) is 5. The van der Waals surface area contributed by atoms with Crippen LogP contribution in [-0.2, 0) is 19.2 Å². The summed E-state index contributed by atoms with van der Waals surface area (Å²) in [4.78, 5) is 26.4. The summed E-state index contributed by atoms with van der Waals surface area (Å²) in [6.45, 7) is 9.44. The van der Waals surface area contributed by atoms with Crippen molar-refractivity contribution >= 4 is 38.9 Å². The highest BCUT2D eigenvalue weighted by Gasteiger charge is 2.45. The fourth-order valence-electron chi connectivity index (χ4n) is 3.88. The highest BCUT2D eigenvalue weighted by molar-refractivity contribution is 7.85. The number of fused-ring (bicyclic) bond motifs is 1. The Morgan fingerprint density at radius 2 is 1.77 bits per heavy atom. The Kier molecular flexibility index (Phi) is 10.1. The number of ether oxygens (including phenoxy) is 1. The lowest BCUT2D eigenvalue weighted by atomic mass is 10.1. The Morgan fingerprint density at radius 3 is 2.38 bits per heavy atom. The maximum atomic E-state index is 12.2. The number of hydrogen-bond acceptors (Lipinski definition) is 13. The van der Waals surface area contributed by atoms with Gasteiger partial charge in [0.05, 0.1) is 18.5 Å². The van der Waals surface area contributed by atoms with Crippen molar-refractivity contribution in [2.24, 2.45) is 0 Å². The number of aliphatic hydroxyl groups excluding tert-OH is 2. The van der Waals surface area contributed by atoms with Gasteiger partial charge in [-0.25, -0.2) is 19.7 Å². The number of benzene rings is 1. The summed E-state index contributed by atoms with van der Waals surface area (Å²) in [5.41, 5.74) is 11.9. The first-order valence-corrected chi connectivity index (χ1v) is 13.7. The van der Waals surface area contributed by atoms with Crippen LogP contribution < -0.4 is 16.2 Å². The molecule has 0 unspecified atom stereocenters. The number of nitrogens with one attached hydrogen (secondary N) is 1. The van der Waals surface area contributed by atoms with E-state index in [2.05, 4.69) is 40.6 Å². The predicted octanol–water partition coefficient (Wildman–Crippen LogP) is -0.351. The number of para-hydroxylation sites is 1. The number of nitrogen functional groups attached to an aromatic ring is 2. The Balaban J connectivity index is 0.000000532. The zero-order chi connectivity index (χ0) is 28.7. The van der Waals surface area contributed by atoms with Crippen LogP contribution >= 0.6 is 0 Å². The number of imidazole rings is 1. The van der Waals surface area contributed by atoms with Gasteiger partial charge in [-0.1, -0.05) is 32.9 Å². The highest BCUT2D eigenvalue weighted by atomic mass is 32.2. The fourth-order valence-corrected chi connectivity index (χ4v) is 4.59. The molecule has 16 heteroatoms. The Hall–Kier alpha value is -3.41. The van der Waals surface area contributed by atoms with E-state index in [1.54, 1.807) is 10.8 Å². The molecular formula is C23H34N8O7S. The normalized spacial score (nSPS) is 21.1. The highest BCUT2D eigenvalue weighted by Crippen LogP contribution is 2.32. The number of rotatable bonds is 9. The molecule has 1 fully saturated rings. The van der Waals surface area contributed by atoms with Crippen LogP contribution in [-0.4, -0.2) is 93.5 Å². The molecule has 214 valence electrons. The largest absolute Gasteiger partial charge is 0.398 e. The molecule has 4 atom stereocenters. The minimum atomic E-state index is -4.57. The smallest absolute Gasteiger partial charge is 0.362 e. The maximum Gasteiger partial charge on any atom is 0.362 e. The number of nitrogens with zero attached hydrogens (tertiary/aromatic N) is 5. The second-order valence-electron chi connectivity index (χ2n) is 8.51. The van der Waals surface area contributed by atoms with E-state index < -0.39 is 47.4 Å². The van der Waals surface area contributed by atoms with Crippen molar-refractivity contribution in [2.75, 3.05) is 37.7 Å². The van der Waals surface area contributed by atoms with Crippen molar-refractivity contribution in [3.8, 4) is 0 Å². The van der Waals surface area contributed by atoms with Gasteiger partial charge in [-0.2, -0.15) is 8.42 Å². The topological polar surface area (TPSA) is 221 Å². The first-order chi connectivity index (χ1) is 18.5. The minimum Gasteiger partial charge on any atom is -0.398 e. The third kappa shape index (κ3) is 7.17. The molecule has 39 heavy (non-hydrogen) atoms. The summed E-state index contributed by atoms with van der Waals surface area (Å²) in [5.74, 6) is -0.876. The van der Waals surface area contributed by atoms with Gasteiger partial charge in [0.25, 0.3) is 5.91 Å². The number of anilines is 2. The summed E-state index contributed by atoms with van der Waals surface area (Å²) in [7, 11) is -4.57. The molecule has 0 radical (unpaired) electrons. The van der Waals surface area contributed by atoms with Gasteiger partial charge in [-0.15, -0.1) is 0 Å². The van der Waals surface area contributed by atoms with Crippen LogP contribution in [0.25, 0.3) is 11.2 Å². The molecule has 1 aliphatic rings. The van der Waals surface area contributed by atoms with Crippen molar-refractivity contribution in [2.45, 2.75) is 45.3 Å². The van der Waals surface area contributed by atoms with Gasteiger partial charge in [-0.05, 0) is 31.8 Å². The summed E-state index contributed by atoms with van der Waals surface area (Å²) in [6.07, 6.45) is -2.88.